The lowest BCUT2D eigenvalue weighted by Crippen LogP contribution is -2.41. The molecule has 0 aliphatic carbocycles. The topological polar surface area (TPSA) is 95.6 Å². The summed E-state index contributed by atoms with van der Waals surface area (Å²) in [6.07, 6.45) is 0. The van der Waals surface area contributed by atoms with E-state index in [0.29, 0.717) is 5.69 Å². The molecule has 0 saturated heterocycles. The van der Waals surface area contributed by atoms with Crippen LogP contribution in [0.3, 0.4) is 0 Å². The highest BCUT2D eigenvalue weighted by atomic mass is 32.2. The number of amides is 2. The Labute approximate surface area is 157 Å². The molecule has 0 saturated carbocycles. The molecule has 0 heterocycles. The second-order valence-electron chi connectivity index (χ2n) is 5.94. The van der Waals surface area contributed by atoms with Gasteiger partial charge in [-0.1, -0.05) is 17.7 Å². The molecule has 0 atom stereocenters. The zero-order valence-electron chi connectivity index (χ0n) is 14.9. The summed E-state index contributed by atoms with van der Waals surface area (Å²) in [5, 5.41) is 2.65. The van der Waals surface area contributed by atoms with E-state index in [1.807, 2.05) is 19.1 Å². The maximum atomic E-state index is 12.9. The summed E-state index contributed by atoms with van der Waals surface area (Å²) < 4.78 is 39.2. The molecule has 144 valence electrons. The van der Waals surface area contributed by atoms with Gasteiger partial charge in [0, 0.05) is 12.7 Å². The second-order valence-corrected chi connectivity index (χ2v) is 7.71. The number of anilines is 1. The first-order valence-electron chi connectivity index (χ1n) is 8.03. The van der Waals surface area contributed by atoms with E-state index >= 15 is 0 Å². The summed E-state index contributed by atoms with van der Waals surface area (Å²) >= 11 is 0. The first kappa shape index (κ1) is 20.5. The van der Waals surface area contributed by atoms with E-state index in [1.165, 1.54) is 7.05 Å². The van der Waals surface area contributed by atoms with Crippen molar-refractivity contribution in [2.45, 2.75) is 11.8 Å². The van der Waals surface area contributed by atoms with Gasteiger partial charge in [-0.2, -0.15) is 0 Å². The van der Waals surface area contributed by atoms with Crippen LogP contribution in [0.15, 0.2) is 53.4 Å². The van der Waals surface area contributed by atoms with Gasteiger partial charge in [0.05, 0.1) is 18.0 Å². The van der Waals surface area contributed by atoms with Gasteiger partial charge < -0.3 is 10.2 Å². The molecule has 0 bridgehead atoms. The Morgan fingerprint density at radius 2 is 1.63 bits per heavy atom. The normalized spacial score (nSPS) is 11.1. The van der Waals surface area contributed by atoms with Crippen LogP contribution in [0.1, 0.15) is 5.56 Å². The Hall–Kier alpha value is -2.78. The highest BCUT2D eigenvalue weighted by Crippen LogP contribution is 2.10. The predicted octanol–water partition coefficient (Wildman–Crippen LogP) is 1.51. The summed E-state index contributed by atoms with van der Waals surface area (Å²) in [5.41, 5.74) is 1.65. The minimum Gasteiger partial charge on any atom is -0.335 e. The molecule has 0 unspecified atom stereocenters. The number of nitrogens with one attached hydrogen (secondary N) is 2. The fraction of sp³-hybridized carbons (Fsp3) is 0.222. The minimum atomic E-state index is -3.95. The quantitative estimate of drug-likeness (QED) is 0.745. The second kappa shape index (κ2) is 8.74. The van der Waals surface area contributed by atoms with E-state index in [9.17, 15) is 22.4 Å². The summed E-state index contributed by atoms with van der Waals surface area (Å²) in [4.78, 5) is 25.0. The zero-order chi connectivity index (χ0) is 20.0. The maximum Gasteiger partial charge on any atom is 0.243 e. The number of benzene rings is 2. The number of rotatable bonds is 7. The van der Waals surface area contributed by atoms with Crippen molar-refractivity contribution in [3.8, 4) is 0 Å². The van der Waals surface area contributed by atoms with E-state index in [2.05, 4.69) is 10.0 Å². The number of sulfonamides is 1. The molecule has 0 aliphatic heterocycles. The molecule has 0 aromatic heterocycles. The largest absolute Gasteiger partial charge is 0.335 e. The Morgan fingerprint density at radius 3 is 2.22 bits per heavy atom. The molecule has 2 N–H and O–H groups in total. The van der Waals surface area contributed by atoms with Gasteiger partial charge in [-0.3, -0.25) is 9.59 Å². The van der Waals surface area contributed by atoms with E-state index < -0.39 is 34.2 Å². The van der Waals surface area contributed by atoms with Gasteiger partial charge in [0.1, 0.15) is 5.82 Å². The smallest absolute Gasteiger partial charge is 0.243 e. The molecule has 0 fully saturated rings. The number of halogens is 1. The number of nitrogens with zero attached hydrogens (tertiary/aromatic N) is 1. The lowest BCUT2D eigenvalue weighted by atomic mass is 10.2. The molecule has 2 aromatic rings. The van der Waals surface area contributed by atoms with Crippen LogP contribution in [0.25, 0.3) is 0 Å². The van der Waals surface area contributed by atoms with Gasteiger partial charge in [0.15, 0.2) is 0 Å². The van der Waals surface area contributed by atoms with Gasteiger partial charge in [0.2, 0.25) is 21.8 Å². The van der Waals surface area contributed by atoms with Crippen LogP contribution in [0.2, 0.25) is 0 Å². The summed E-state index contributed by atoms with van der Waals surface area (Å²) in [7, 11) is -2.56. The van der Waals surface area contributed by atoms with Crippen LogP contribution >= 0.6 is 0 Å². The number of carbonyl (C=O) groups is 2. The third-order valence-corrected chi connectivity index (χ3v) is 5.10. The Kier molecular flexibility index (Phi) is 6.65. The predicted molar refractivity (Wildman–Crippen MR) is 99.0 cm³/mol. The van der Waals surface area contributed by atoms with E-state index in [-0.39, 0.29) is 11.4 Å². The number of carbonyl (C=O) groups excluding carboxylic acids is 2. The molecule has 2 amide bonds. The highest BCUT2D eigenvalue weighted by Gasteiger charge is 2.18. The monoisotopic (exact) mass is 393 g/mol. The average molecular weight is 393 g/mol. The van der Waals surface area contributed by atoms with Crippen molar-refractivity contribution < 1.29 is 22.4 Å². The van der Waals surface area contributed by atoms with Gasteiger partial charge in [-0.05, 0) is 43.3 Å². The molecule has 0 aliphatic rings. The van der Waals surface area contributed by atoms with Gasteiger partial charge >= 0.3 is 0 Å². The fourth-order valence-corrected chi connectivity index (χ4v) is 3.10. The summed E-state index contributed by atoms with van der Waals surface area (Å²) in [6.45, 7) is 1.17. The standard InChI is InChI=1S/C18H20FN3O4S/c1-13-3-7-15(8-4-13)21-17(23)12-22(2)18(24)11-20-27(25,26)16-9-5-14(19)6-10-16/h3-10,20H,11-12H2,1-2H3,(H,21,23). The zero-order valence-corrected chi connectivity index (χ0v) is 15.7. The first-order chi connectivity index (χ1) is 12.7. The molecule has 0 radical (unpaired) electrons. The molecular formula is C18H20FN3O4S. The van der Waals surface area contributed by atoms with Gasteiger partial charge in [0.25, 0.3) is 0 Å². The van der Waals surface area contributed by atoms with Crippen molar-refractivity contribution >= 4 is 27.5 Å². The van der Waals surface area contributed by atoms with Crippen LogP contribution in [-0.2, 0) is 19.6 Å². The van der Waals surface area contributed by atoms with Crippen molar-refractivity contribution in [1.82, 2.24) is 9.62 Å². The third-order valence-electron chi connectivity index (χ3n) is 3.68. The van der Waals surface area contributed by atoms with Crippen LogP contribution in [0.4, 0.5) is 10.1 Å². The summed E-state index contributed by atoms with van der Waals surface area (Å²) in [5.74, 6) is -1.56. The number of likely N-dealkylation sites (N-methyl/N-ethyl adjacent to an activating group) is 1. The van der Waals surface area contributed by atoms with Crippen LogP contribution < -0.4 is 10.0 Å². The van der Waals surface area contributed by atoms with Gasteiger partial charge in [-0.25, -0.2) is 17.5 Å². The number of hydrogen-bond donors (Lipinski definition) is 2. The summed E-state index contributed by atoms with van der Waals surface area (Å²) in [6, 6.07) is 11.4. The molecule has 27 heavy (non-hydrogen) atoms. The SMILES string of the molecule is Cc1ccc(NC(=O)CN(C)C(=O)CNS(=O)(=O)c2ccc(F)cc2)cc1. The first-order valence-corrected chi connectivity index (χ1v) is 9.51. The van der Waals surface area contributed by atoms with Crippen LogP contribution in [0.5, 0.6) is 0 Å². The van der Waals surface area contributed by atoms with Crippen molar-refractivity contribution in [2.24, 2.45) is 0 Å². The molecule has 7 nitrogen and oxygen atoms in total. The Morgan fingerprint density at radius 1 is 1.04 bits per heavy atom. The highest BCUT2D eigenvalue weighted by molar-refractivity contribution is 7.89. The number of hydrogen-bond acceptors (Lipinski definition) is 4. The Bertz CT molecular complexity index is 913. The van der Waals surface area contributed by atoms with Crippen LogP contribution in [-0.4, -0.2) is 45.3 Å². The number of aryl methyl sites for hydroxylation is 1. The van der Waals surface area contributed by atoms with Crippen molar-refractivity contribution in [3.05, 3.63) is 59.9 Å². The van der Waals surface area contributed by atoms with E-state index in [4.69, 9.17) is 0 Å². The average Bonchev–Trinajstić information content (AvgIpc) is 2.62. The third kappa shape index (κ3) is 6.15. The lowest BCUT2D eigenvalue weighted by molar-refractivity contribution is -0.132. The molecule has 0 spiro atoms. The van der Waals surface area contributed by atoms with E-state index in [1.54, 1.807) is 12.1 Å². The minimum absolute atomic E-state index is 0.156. The molecule has 2 aromatic carbocycles. The van der Waals surface area contributed by atoms with E-state index in [0.717, 1.165) is 34.7 Å². The maximum absolute atomic E-state index is 12.9. The fourth-order valence-electron chi connectivity index (χ4n) is 2.13. The van der Waals surface area contributed by atoms with Crippen molar-refractivity contribution in [1.29, 1.82) is 0 Å². The lowest BCUT2D eigenvalue weighted by Gasteiger charge is -2.17. The molecular weight excluding hydrogens is 373 g/mol. The Balaban J connectivity index is 1.86. The van der Waals surface area contributed by atoms with Gasteiger partial charge in [-0.15, -0.1) is 0 Å². The molecule has 9 heteroatoms. The van der Waals surface area contributed by atoms with Crippen molar-refractivity contribution in [3.63, 3.8) is 0 Å². The van der Waals surface area contributed by atoms with Crippen LogP contribution in [0, 0.1) is 12.7 Å². The van der Waals surface area contributed by atoms with Crippen molar-refractivity contribution in [2.75, 3.05) is 25.5 Å². The molecule has 2 rings (SSSR count).